The Bertz CT molecular complexity index is 243. The highest BCUT2D eigenvalue weighted by molar-refractivity contribution is 5.94. The van der Waals surface area contributed by atoms with E-state index in [1.807, 2.05) is 0 Å². The number of nitrogens with two attached hydrogens (primary N) is 1. The molecule has 0 aromatic heterocycles. The Morgan fingerprint density at radius 2 is 2.38 bits per heavy atom. The molecule has 74 valence electrons. The molecule has 1 aliphatic heterocycles. The number of hydrogen-bond donors (Lipinski definition) is 1. The maximum Gasteiger partial charge on any atom is 0.310 e. The van der Waals surface area contributed by atoms with Gasteiger partial charge in [0.25, 0.3) is 6.42 Å². The summed E-state index contributed by atoms with van der Waals surface area (Å²) in [5.74, 6) is 5.31. The highest BCUT2D eigenvalue weighted by atomic mass is 19.2. The van der Waals surface area contributed by atoms with Crippen molar-refractivity contribution in [3.8, 4) is 0 Å². The molecule has 7 heteroatoms. The molecule has 1 aliphatic rings. The minimum atomic E-state index is -1.90. The van der Waals surface area contributed by atoms with Gasteiger partial charge in [-0.3, -0.25) is 0 Å². The van der Waals surface area contributed by atoms with Crippen LogP contribution >= 0.6 is 0 Å². The fourth-order valence-corrected chi connectivity index (χ4v) is 0.845. The van der Waals surface area contributed by atoms with Gasteiger partial charge in [-0.2, -0.15) is 18.8 Å². The van der Waals surface area contributed by atoms with Crippen LogP contribution in [0.15, 0.2) is 9.98 Å². The fraction of sp³-hybridized carbons (Fsp3) is 0.667. The Morgan fingerprint density at radius 1 is 1.69 bits per heavy atom. The van der Waals surface area contributed by atoms with Gasteiger partial charge in [0.1, 0.15) is 5.84 Å². The molecular weight excluding hydrogens is 182 g/mol. The molecule has 1 atom stereocenters. The van der Waals surface area contributed by atoms with E-state index in [9.17, 15) is 8.78 Å². The van der Waals surface area contributed by atoms with Crippen molar-refractivity contribution < 1.29 is 13.5 Å². The zero-order valence-electron chi connectivity index (χ0n) is 7.07. The molecule has 0 aliphatic carbocycles. The van der Waals surface area contributed by atoms with E-state index in [1.54, 1.807) is 0 Å². The summed E-state index contributed by atoms with van der Waals surface area (Å²) in [4.78, 5) is 6.21. The predicted octanol–water partition coefficient (Wildman–Crippen LogP) is 0.189. The number of halogens is 2. The van der Waals surface area contributed by atoms with Gasteiger partial charge in [-0.25, -0.2) is 10.9 Å². The summed E-state index contributed by atoms with van der Waals surface area (Å²) in [6, 6.07) is 0. The molecule has 0 spiro atoms. The van der Waals surface area contributed by atoms with E-state index in [2.05, 4.69) is 9.98 Å². The summed E-state index contributed by atoms with van der Waals surface area (Å²) in [5, 5.41) is 0.669. The van der Waals surface area contributed by atoms with Gasteiger partial charge in [0.15, 0.2) is 0 Å². The fourth-order valence-electron chi connectivity index (χ4n) is 0.845. The lowest BCUT2D eigenvalue weighted by molar-refractivity contribution is 0.149. The van der Waals surface area contributed by atoms with Crippen LogP contribution < -0.4 is 5.84 Å². The second kappa shape index (κ2) is 4.24. The molecule has 0 bridgehead atoms. The van der Waals surface area contributed by atoms with Crippen LogP contribution in [0.1, 0.15) is 6.42 Å². The molecule has 5 nitrogen and oxygen atoms in total. The molecule has 1 heterocycles. The maximum absolute atomic E-state index is 12.8. The van der Waals surface area contributed by atoms with E-state index in [-0.39, 0.29) is 12.3 Å². The molecule has 13 heavy (non-hydrogen) atoms. The maximum atomic E-state index is 12.8. The number of nitrogens with zero attached hydrogens (tertiary/aromatic N) is 3. The summed E-state index contributed by atoms with van der Waals surface area (Å²) in [6.45, 7) is 0.298. The monoisotopic (exact) mass is 192 g/mol. The molecule has 1 rings (SSSR count). The first kappa shape index (κ1) is 10.0. The van der Waals surface area contributed by atoms with E-state index < -0.39 is 12.5 Å². The lowest BCUT2D eigenvalue weighted by atomic mass is 10.4. The topological polar surface area (TPSA) is 63.2 Å². The van der Waals surface area contributed by atoms with E-state index >= 15 is 0 Å². The minimum absolute atomic E-state index is 0.0850. The van der Waals surface area contributed by atoms with Gasteiger partial charge in [-0.1, -0.05) is 0 Å². The van der Waals surface area contributed by atoms with Crippen LogP contribution in [0.2, 0.25) is 0 Å². The second-order valence-electron chi connectivity index (χ2n) is 2.39. The molecular formula is C6H10F2N4O. The third-order valence-electron chi connectivity index (χ3n) is 1.49. The number of ether oxygens (including phenoxy) is 1. The summed E-state index contributed by atoms with van der Waals surface area (Å²) in [6.07, 6.45) is -2.75. The van der Waals surface area contributed by atoms with Crippen LogP contribution in [0.25, 0.3) is 0 Å². The zero-order chi connectivity index (χ0) is 9.84. The predicted molar refractivity (Wildman–Crippen MR) is 43.4 cm³/mol. The number of hydrazine groups is 1. The highest BCUT2D eigenvalue weighted by Crippen LogP contribution is 2.09. The SMILES string of the molecule is COCCC1=NC(F)=NC(F)N1N. The minimum Gasteiger partial charge on any atom is -0.384 e. The summed E-state index contributed by atoms with van der Waals surface area (Å²) in [5.41, 5.74) is 0. The van der Waals surface area contributed by atoms with Crippen molar-refractivity contribution in [1.29, 1.82) is 0 Å². The molecule has 0 aromatic rings. The van der Waals surface area contributed by atoms with Crippen molar-refractivity contribution in [3.05, 3.63) is 0 Å². The van der Waals surface area contributed by atoms with Gasteiger partial charge in [0.2, 0.25) is 0 Å². The Hall–Kier alpha value is -1.08. The number of aliphatic imine (C=N–C) groups is 2. The van der Waals surface area contributed by atoms with E-state index in [4.69, 9.17) is 10.6 Å². The molecule has 0 fully saturated rings. The summed E-state index contributed by atoms with van der Waals surface area (Å²) < 4.78 is 30.0. The van der Waals surface area contributed by atoms with Crippen molar-refractivity contribution in [2.75, 3.05) is 13.7 Å². The number of methoxy groups -OCH3 is 1. The number of alkyl halides is 1. The molecule has 0 aromatic carbocycles. The third-order valence-corrected chi connectivity index (χ3v) is 1.49. The normalized spacial score (nSPS) is 22.8. The van der Waals surface area contributed by atoms with Gasteiger partial charge in [0.05, 0.1) is 6.61 Å². The number of rotatable bonds is 3. The van der Waals surface area contributed by atoms with Crippen LogP contribution in [0.4, 0.5) is 8.78 Å². The lowest BCUT2D eigenvalue weighted by Crippen LogP contribution is -2.45. The Morgan fingerprint density at radius 3 is 3.00 bits per heavy atom. The molecule has 1 unspecified atom stereocenters. The number of hydrogen-bond acceptors (Lipinski definition) is 5. The molecule has 0 saturated carbocycles. The first-order chi connectivity index (χ1) is 6.15. The van der Waals surface area contributed by atoms with Crippen LogP contribution in [0.5, 0.6) is 0 Å². The second-order valence-corrected chi connectivity index (χ2v) is 2.39. The van der Waals surface area contributed by atoms with Gasteiger partial charge in [0, 0.05) is 13.5 Å². The Labute approximate surface area is 73.9 Å². The molecule has 0 amide bonds. The van der Waals surface area contributed by atoms with E-state index in [0.29, 0.717) is 11.6 Å². The van der Waals surface area contributed by atoms with Crippen LogP contribution in [0, 0.1) is 0 Å². The van der Waals surface area contributed by atoms with Crippen LogP contribution in [-0.4, -0.2) is 37.1 Å². The smallest absolute Gasteiger partial charge is 0.310 e. The van der Waals surface area contributed by atoms with Crippen LogP contribution in [0.3, 0.4) is 0 Å². The highest BCUT2D eigenvalue weighted by Gasteiger charge is 2.22. The molecule has 0 radical (unpaired) electrons. The summed E-state index contributed by atoms with van der Waals surface area (Å²) >= 11 is 0. The third kappa shape index (κ3) is 2.43. The first-order valence-corrected chi connectivity index (χ1v) is 3.63. The average Bonchev–Trinajstić information content (AvgIpc) is 2.09. The van der Waals surface area contributed by atoms with Crippen molar-refractivity contribution in [2.45, 2.75) is 12.8 Å². The van der Waals surface area contributed by atoms with E-state index in [1.165, 1.54) is 7.11 Å². The van der Waals surface area contributed by atoms with Gasteiger partial charge in [-0.05, 0) is 0 Å². The van der Waals surface area contributed by atoms with Crippen molar-refractivity contribution in [3.63, 3.8) is 0 Å². The van der Waals surface area contributed by atoms with Crippen molar-refractivity contribution in [1.82, 2.24) is 5.01 Å². The summed E-state index contributed by atoms with van der Waals surface area (Å²) in [7, 11) is 1.47. The van der Waals surface area contributed by atoms with Gasteiger partial charge < -0.3 is 4.74 Å². The van der Waals surface area contributed by atoms with Crippen molar-refractivity contribution >= 4 is 11.9 Å². The Balaban J connectivity index is 2.65. The van der Waals surface area contributed by atoms with E-state index in [0.717, 1.165) is 0 Å². The molecule has 2 N–H and O–H groups in total. The largest absolute Gasteiger partial charge is 0.384 e. The quantitative estimate of drug-likeness (QED) is 0.512. The zero-order valence-corrected chi connectivity index (χ0v) is 7.07. The van der Waals surface area contributed by atoms with Crippen LogP contribution in [-0.2, 0) is 4.74 Å². The Kier molecular flexibility index (Phi) is 3.26. The van der Waals surface area contributed by atoms with Gasteiger partial charge >= 0.3 is 6.09 Å². The van der Waals surface area contributed by atoms with Gasteiger partial charge in [-0.15, -0.1) is 0 Å². The van der Waals surface area contributed by atoms with Crippen molar-refractivity contribution in [2.24, 2.45) is 15.8 Å². The lowest BCUT2D eigenvalue weighted by Gasteiger charge is -2.23. The first-order valence-electron chi connectivity index (χ1n) is 3.63. The number of amidine groups is 2. The molecule has 0 saturated heterocycles. The standard InChI is InChI=1S/C6H10F2N4O/c1-13-3-2-4-10-5(7)11-6(8)12(4)9/h6H,2-3,9H2,1H3. The average molecular weight is 192 g/mol.